The van der Waals surface area contributed by atoms with Crippen molar-refractivity contribution in [3.63, 3.8) is 0 Å². The summed E-state index contributed by atoms with van der Waals surface area (Å²) >= 11 is 12.4. The van der Waals surface area contributed by atoms with Gasteiger partial charge in [0.15, 0.2) is 0 Å². The predicted octanol–water partition coefficient (Wildman–Crippen LogP) is 6.68. The molecule has 4 aromatic rings. The van der Waals surface area contributed by atoms with Gasteiger partial charge in [0.1, 0.15) is 0 Å². The fraction of sp³-hybridized carbons (Fsp3) is 0.125. The third-order valence-corrected chi connectivity index (χ3v) is 5.80. The van der Waals surface area contributed by atoms with Gasteiger partial charge in [0.05, 0.1) is 18.4 Å². The molecule has 3 nitrogen and oxygen atoms in total. The van der Waals surface area contributed by atoms with Crippen molar-refractivity contribution in [3.05, 3.63) is 99.3 Å². The summed E-state index contributed by atoms with van der Waals surface area (Å²) < 4.78 is 2.27. The molecule has 0 fully saturated rings. The van der Waals surface area contributed by atoms with Gasteiger partial charge in [-0.3, -0.25) is 0 Å². The smallest absolute Gasteiger partial charge is 0.0609 e. The average molecular weight is 422 g/mol. The second-order valence-corrected chi connectivity index (χ2v) is 7.77. The topological polar surface area (TPSA) is 29.3 Å². The Morgan fingerprint density at radius 3 is 2.41 bits per heavy atom. The van der Waals surface area contributed by atoms with Crippen molar-refractivity contribution < 1.29 is 0 Å². The number of rotatable bonds is 5. The van der Waals surface area contributed by atoms with Crippen LogP contribution in [-0.2, 0) is 6.54 Å². The van der Waals surface area contributed by atoms with E-state index in [1.807, 2.05) is 24.4 Å². The van der Waals surface area contributed by atoms with E-state index in [2.05, 4.69) is 77.5 Å². The summed E-state index contributed by atoms with van der Waals surface area (Å²) in [6, 6.07) is 22.5. The number of nitrogens with one attached hydrogen (secondary N) is 1. The maximum absolute atomic E-state index is 6.21. The minimum atomic E-state index is 0.469. The number of aromatic nitrogens is 1. The molecule has 0 atom stereocenters. The van der Waals surface area contributed by atoms with Gasteiger partial charge in [-0.05, 0) is 43.5 Å². The van der Waals surface area contributed by atoms with E-state index in [0.29, 0.717) is 16.6 Å². The molecule has 5 heteroatoms. The van der Waals surface area contributed by atoms with Crippen LogP contribution in [0.4, 0.5) is 0 Å². The molecule has 29 heavy (non-hydrogen) atoms. The van der Waals surface area contributed by atoms with Crippen molar-refractivity contribution >= 4 is 40.2 Å². The Labute approximate surface area is 180 Å². The molecule has 3 aromatic carbocycles. The molecule has 0 aliphatic carbocycles. The zero-order valence-corrected chi connectivity index (χ0v) is 17.8. The van der Waals surface area contributed by atoms with E-state index in [4.69, 9.17) is 23.2 Å². The Balaban J connectivity index is 1.60. The Morgan fingerprint density at radius 2 is 1.62 bits per heavy atom. The Hall–Kier alpha value is -2.75. The minimum absolute atomic E-state index is 0.469. The minimum Gasteiger partial charge on any atom is -0.317 e. The molecule has 0 aliphatic rings. The van der Waals surface area contributed by atoms with Crippen LogP contribution >= 0.6 is 23.2 Å². The summed E-state index contributed by atoms with van der Waals surface area (Å²) in [4.78, 5) is 0. The lowest BCUT2D eigenvalue weighted by atomic mass is 10.1. The van der Waals surface area contributed by atoms with Crippen LogP contribution in [0.5, 0.6) is 0 Å². The largest absolute Gasteiger partial charge is 0.317 e. The van der Waals surface area contributed by atoms with Gasteiger partial charge in [0, 0.05) is 37.9 Å². The zero-order valence-electron chi connectivity index (χ0n) is 16.3. The van der Waals surface area contributed by atoms with Gasteiger partial charge in [-0.25, -0.2) is 0 Å². The van der Waals surface area contributed by atoms with E-state index in [1.54, 1.807) is 0 Å². The molecule has 0 unspecified atom stereocenters. The van der Waals surface area contributed by atoms with E-state index >= 15 is 0 Å². The number of halogens is 2. The molecular formula is C24H21Cl2N3. The summed E-state index contributed by atoms with van der Waals surface area (Å²) in [5.74, 6) is 0. The summed E-state index contributed by atoms with van der Waals surface area (Å²) in [7, 11) is 0. The molecule has 1 N–H and O–H groups in total. The van der Waals surface area contributed by atoms with E-state index in [0.717, 1.165) is 22.5 Å². The van der Waals surface area contributed by atoms with Crippen molar-refractivity contribution in [1.29, 1.82) is 0 Å². The van der Waals surface area contributed by atoms with Crippen LogP contribution in [-0.4, -0.2) is 10.8 Å². The molecular weight excluding hydrogens is 401 g/mol. The molecule has 146 valence electrons. The second kappa shape index (κ2) is 8.32. The van der Waals surface area contributed by atoms with Gasteiger partial charge in [-0.1, -0.05) is 65.7 Å². The number of benzene rings is 3. The first-order chi connectivity index (χ1) is 14.1. The van der Waals surface area contributed by atoms with Crippen molar-refractivity contribution in [2.45, 2.75) is 20.4 Å². The SMILES string of the molecule is Cc1cc(/C=N/NCc2c(Cl)cccc2Cl)c(C)n1-c1cccc2ccccc12. The molecule has 1 heterocycles. The van der Waals surface area contributed by atoms with Gasteiger partial charge in [-0.15, -0.1) is 0 Å². The molecule has 1 aromatic heterocycles. The number of hydrazone groups is 1. The number of fused-ring (bicyclic) bond motifs is 1. The summed E-state index contributed by atoms with van der Waals surface area (Å²) in [6.07, 6.45) is 1.84. The Bertz CT molecular complexity index is 1180. The third kappa shape index (κ3) is 3.89. The van der Waals surface area contributed by atoms with Gasteiger partial charge >= 0.3 is 0 Å². The fourth-order valence-electron chi connectivity index (χ4n) is 3.63. The highest BCUT2D eigenvalue weighted by atomic mass is 35.5. The number of hydrogen-bond donors (Lipinski definition) is 1. The van der Waals surface area contributed by atoms with Crippen molar-refractivity contribution in [1.82, 2.24) is 9.99 Å². The lowest BCUT2D eigenvalue weighted by Crippen LogP contribution is -2.07. The quantitative estimate of drug-likeness (QED) is 0.282. The first-order valence-electron chi connectivity index (χ1n) is 9.42. The molecule has 0 saturated heterocycles. The van der Waals surface area contributed by atoms with E-state index in [9.17, 15) is 0 Å². The summed E-state index contributed by atoms with van der Waals surface area (Å²) in [5.41, 5.74) is 8.43. The molecule has 4 rings (SSSR count). The second-order valence-electron chi connectivity index (χ2n) is 6.95. The molecule has 0 aliphatic heterocycles. The highest BCUT2D eigenvalue weighted by Crippen LogP contribution is 2.27. The van der Waals surface area contributed by atoms with Crippen LogP contribution in [0.25, 0.3) is 16.5 Å². The lowest BCUT2D eigenvalue weighted by molar-refractivity contribution is 0.748. The average Bonchev–Trinajstić information content (AvgIpc) is 3.00. The van der Waals surface area contributed by atoms with Crippen molar-refractivity contribution in [3.8, 4) is 5.69 Å². The van der Waals surface area contributed by atoms with E-state index in [-0.39, 0.29) is 0 Å². The highest BCUT2D eigenvalue weighted by Gasteiger charge is 2.12. The van der Waals surface area contributed by atoms with Crippen LogP contribution in [0, 0.1) is 13.8 Å². The number of hydrogen-bond acceptors (Lipinski definition) is 2. The molecule has 0 radical (unpaired) electrons. The van der Waals surface area contributed by atoms with Gasteiger partial charge < -0.3 is 9.99 Å². The van der Waals surface area contributed by atoms with Gasteiger partial charge in [0.25, 0.3) is 0 Å². The lowest BCUT2D eigenvalue weighted by Gasteiger charge is -2.13. The first kappa shape index (κ1) is 19.6. The standard InChI is InChI=1S/C24H21Cl2N3/c1-16-13-19(14-27-28-15-21-22(25)10-6-11-23(21)26)17(2)29(16)24-12-5-8-18-7-3-4-9-20(18)24/h3-14,28H,15H2,1-2H3/b27-14+. The first-order valence-corrected chi connectivity index (χ1v) is 10.2. The highest BCUT2D eigenvalue weighted by molar-refractivity contribution is 6.35. The molecule has 0 amide bonds. The van der Waals surface area contributed by atoms with Crippen LogP contribution in [0.3, 0.4) is 0 Å². The van der Waals surface area contributed by atoms with Crippen molar-refractivity contribution in [2.75, 3.05) is 0 Å². The Morgan fingerprint density at radius 1 is 0.931 bits per heavy atom. The van der Waals surface area contributed by atoms with E-state index < -0.39 is 0 Å². The zero-order chi connectivity index (χ0) is 20.4. The Kier molecular flexibility index (Phi) is 5.61. The molecule has 0 spiro atoms. The molecule has 0 saturated carbocycles. The van der Waals surface area contributed by atoms with Gasteiger partial charge in [0.2, 0.25) is 0 Å². The monoisotopic (exact) mass is 421 g/mol. The number of nitrogens with zero attached hydrogens (tertiary/aromatic N) is 2. The molecule has 0 bridgehead atoms. The van der Waals surface area contributed by atoms with Gasteiger partial charge in [-0.2, -0.15) is 5.10 Å². The van der Waals surface area contributed by atoms with Crippen LogP contribution < -0.4 is 5.43 Å². The van der Waals surface area contributed by atoms with Crippen LogP contribution in [0.15, 0.2) is 71.8 Å². The number of aryl methyl sites for hydroxylation is 1. The van der Waals surface area contributed by atoms with Crippen LogP contribution in [0.2, 0.25) is 10.0 Å². The summed E-state index contributed by atoms with van der Waals surface area (Å²) in [5, 5.41) is 8.11. The normalized spacial score (nSPS) is 11.4. The maximum Gasteiger partial charge on any atom is 0.0609 e. The fourth-order valence-corrected chi connectivity index (χ4v) is 4.16. The van der Waals surface area contributed by atoms with Crippen molar-refractivity contribution in [2.24, 2.45) is 5.10 Å². The maximum atomic E-state index is 6.21. The third-order valence-electron chi connectivity index (χ3n) is 5.09. The predicted molar refractivity (Wildman–Crippen MR) is 124 cm³/mol. The van der Waals surface area contributed by atoms with E-state index in [1.165, 1.54) is 16.5 Å². The van der Waals surface area contributed by atoms with Crippen LogP contribution in [0.1, 0.15) is 22.5 Å². The summed E-state index contributed by atoms with van der Waals surface area (Å²) in [6.45, 7) is 4.70.